The molecule has 0 bridgehead atoms. The van der Waals surface area contributed by atoms with E-state index in [0.717, 1.165) is 17.1 Å². The molecule has 0 heterocycles. The van der Waals surface area contributed by atoms with E-state index in [1.807, 2.05) is 0 Å². The van der Waals surface area contributed by atoms with Crippen LogP contribution < -0.4 is 4.90 Å². The summed E-state index contributed by atoms with van der Waals surface area (Å²) in [6, 6.07) is 71.5. The van der Waals surface area contributed by atoms with Gasteiger partial charge in [-0.15, -0.1) is 0 Å². The quantitative estimate of drug-likeness (QED) is 0.173. The van der Waals surface area contributed by atoms with Gasteiger partial charge >= 0.3 is 0 Å². The number of hydrogen-bond acceptors (Lipinski definition) is 1. The van der Waals surface area contributed by atoms with Gasteiger partial charge < -0.3 is 4.90 Å². The first kappa shape index (κ1) is 29.5. The van der Waals surface area contributed by atoms with Crippen LogP contribution in [0.4, 0.5) is 17.1 Å². The normalized spacial score (nSPS) is 14.8. The summed E-state index contributed by atoms with van der Waals surface area (Å²) in [6.45, 7) is 2.17. The monoisotopic (exact) mass is 649 g/mol. The third-order valence-electron chi connectivity index (χ3n) is 11.0. The van der Waals surface area contributed by atoms with E-state index in [1.165, 1.54) is 72.3 Å². The molecule has 0 spiro atoms. The predicted octanol–water partition coefficient (Wildman–Crippen LogP) is 13.1. The molecule has 8 aromatic carbocycles. The number of aryl methyl sites for hydroxylation is 1. The van der Waals surface area contributed by atoms with Gasteiger partial charge in [-0.3, -0.25) is 0 Å². The van der Waals surface area contributed by atoms with Crippen molar-refractivity contribution in [2.24, 2.45) is 0 Å². The molecular weight excluding hydrogens is 615 g/mol. The van der Waals surface area contributed by atoms with Crippen molar-refractivity contribution in [2.45, 2.75) is 12.3 Å². The van der Waals surface area contributed by atoms with Gasteiger partial charge in [0.05, 0.1) is 5.41 Å². The minimum atomic E-state index is -0.401. The van der Waals surface area contributed by atoms with Crippen LogP contribution in [0.1, 0.15) is 27.8 Å². The molecule has 0 fully saturated rings. The molecule has 2 aliphatic carbocycles. The summed E-state index contributed by atoms with van der Waals surface area (Å²) < 4.78 is 0. The second kappa shape index (κ2) is 11.6. The highest BCUT2D eigenvalue weighted by atomic mass is 15.1. The van der Waals surface area contributed by atoms with Gasteiger partial charge in [-0.2, -0.15) is 0 Å². The van der Waals surface area contributed by atoms with E-state index >= 15 is 0 Å². The third-order valence-corrected chi connectivity index (χ3v) is 11.0. The smallest absolute Gasteiger partial charge is 0.0726 e. The van der Waals surface area contributed by atoms with Crippen LogP contribution in [0.25, 0.3) is 44.5 Å². The first-order chi connectivity index (χ1) is 25.2. The fourth-order valence-electron chi connectivity index (χ4n) is 8.65. The lowest BCUT2D eigenvalue weighted by molar-refractivity contribution is 0.791. The fourth-order valence-corrected chi connectivity index (χ4v) is 8.65. The largest absolute Gasteiger partial charge is 0.310 e. The molecule has 1 heteroatoms. The molecule has 51 heavy (non-hydrogen) atoms. The van der Waals surface area contributed by atoms with E-state index in [-0.39, 0.29) is 0 Å². The van der Waals surface area contributed by atoms with Crippen molar-refractivity contribution in [2.75, 3.05) is 4.90 Å². The zero-order chi connectivity index (χ0) is 33.9. The summed E-state index contributed by atoms with van der Waals surface area (Å²) in [5.74, 6) is 0. The lowest BCUT2D eigenvalue weighted by Gasteiger charge is -2.32. The summed E-state index contributed by atoms with van der Waals surface area (Å²) in [6.07, 6.45) is 0. The summed E-state index contributed by atoms with van der Waals surface area (Å²) in [5, 5.41) is 0. The van der Waals surface area contributed by atoms with Gasteiger partial charge in [0.25, 0.3) is 0 Å². The Kier molecular flexibility index (Phi) is 6.69. The molecule has 2 aliphatic rings. The average Bonchev–Trinajstić information content (AvgIpc) is 3.67. The van der Waals surface area contributed by atoms with Crippen LogP contribution in [-0.2, 0) is 5.41 Å². The van der Waals surface area contributed by atoms with Crippen LogP contribution in [0.5, 0.6) is 0 Å². The molecule has 1 atom stereocenters. The lowest BCUT2D eigenvalue weighted by atomic mass is 9.70. The first-order valence-corrected chi connectivity index (χ1v) is 17.8. The van der Waals surface area contributed by atoms with Gasteiger partial charge in [0.1, 0.15) is 0 Å². The fraction of sp³-hybridized carbons (Fsp3) is 0.0400. The number of nitrogens with zero attached hydrogens (tertiary/aromatic N) is 1. The molecule has 1 nitrogen and oxygen atoms in total. The Balaban J connectivity index is 1.19. The molecule has 0 saturated heterocycles. The van der Waals surface area contributed by atoms with Crippen LogP contribution in [-0.4, -0.2) is 0 Å². The van der Waals surface area contributed by atoms with Crippen LogP contribution in [0.2, 0.25) is 0 Å². The SMILES string of the molecule is Cc1ccc(C23c4ccccc4-c4cccc(c42)-c2ccc(N(c4ccc(-c5ccccc5)cc4)c4ccc(-c5ccccc5)cc4)cc23)cc1. The summed E-state index contributed by atoms with van der Waals surface area (Å²) in [4.78, 5) is 2.41. The number of benzene rings is 8. The van der Waals surface area contributed by atoms with Crippen LogP contribution >= 0.6 is 0 Å². The number of hydrogen-bond donors (Lipinski definition) is 0. The van der Waals surface area contributed by atoms with Crippen molar-refractivity contribution >= 4 is 17.1 Å². The highest BCUT2D eigenvalue weighted by molar-refractivity contribution is 5.99. The van der Waals surface area contributed by atoms with Gasteiger partial charge in [-0.25, -0.2) is 0 Å². The van der Waals surface area contributed by atoms with Gasteiger partial charge in [0, 0.05) is 17.1 Å². The van der Waals surface area contributed by atoms with E-state index in [2.05, 4.69) is 206 Å². The minimum absolute atomic E-state index is 0.401. The Hall–Kier alpha value is -6.44. The Labute approximate surface area is 299 Å². The van der Waals surface area contributed by atoms with E-state index < -0.39 is 5.41 Å². The van der Waals surface area contributed by atoms with Gasteiger partial charge in [0.15, 0.2) is 0 Å². The summed E-state index contributed by atoms with van der Waals surface area (Å²) in [5.41, 5.74) is 19.8. The number of fused-ring (bicyclic) bond motifs is 6. The Morgan fingerprint density at radius 2 is 0.824 bits per heavy atom. The molecule has 8 aromatic rings. The van der Waals surface area contributed by atoms with E-state index in [4.69, 9.17) is 0 Å². The molecule has 10 rings (SSSR count). The maximum Gasteiger partial charge on any atom is 0.0726 e. The molecule has 0 N–H and O–H groups in total. The summed E-state index contributed by atoms with van der Waals surface area (Å²) in [7, 11) is 0. The second-order valence-electron chi connectivity index (χ2n) is 13.8. The third kappa shape index (κ3) is 4.48. The standard InChI is InChI=1S/C50H35N/c1-34-19-25-39(26-20-34)50-47-18-9-8-15-43(47)45-16-10-17-46(49(45)50)44-32-31-42(33-48(44)50)51(40-27-21-37(22-28-40)35-11-4-2-5-12-35)41-29-23-38(24-30-41)36-13-6-3-7-14-36/h2-33H,1H3. The predicted molar refractivity (Wildman–Crippen MR) is 213 cm³/mol. The van der Waals surface area contributed by atoms with Crippen molar-refractivity contribution in [3.63, 3.8) is 0 Å². The van der Waals surface area contributed by atoms with Gasteiger partial charge in [0.2, 0.25) is 0 Å². The zero-order valence-electron chi connectivity index (χ0n) is 28.4. The Morgan fingerprint density at radius 1 is 0.353 bits per heavy atom. The van der Waals surface area contributed by atoms with Crippen LogP contribution in [0, 0.1) is 6.92 Å². The molecule has 0 aromatic heterocycles. The van der Waals surface area contributed by atoms with E-state index in [0.29, 0.717) is 0 Å². The van der Waals surface area contributed by atoms with Gasteiger partial charge in [-0.1, -0.05) is 163 Å². The molecule has 1 unspecified atom stereocenters. The number of rotatable bonds is 6. The Morgan fingerprint density at radius 3 is 1.41 bits per heavy atom. The minimum Gasteiger partial charge on any atom is -0.310 e. The zero-order valence-corrected chi connectivity index (χ0v) is 28.4. The van der Waals surface area contributed by atoms with Crippen LogP contribution in [0.15, 0.2) is 194 Å². The van der Waals surface area contributed by atoms with Gasteiger partial charge in [-0.05, 0) is 110 Å². The highest BCUT2D eigenvalue weighted by Crippen LogP contribution is 2.64. The van der Waals surface area contributed by atoms with Crippen molar-refractivity contribution in [3.05, 3.63) is 222 Å². The molecular formula is C50H35N. The van der Waals surface area contributed by atoms with Crippen molar-refractivity contribution in [3.8, 4) is 44.5 Å². The van der Waals surface area contributed by atoms with Crippen LogP contribution in [0.3, 0.4) is 0 Å². The first-order valence-electron chi connectivity index (χ1n) is 17.8. The van der Waals surface area contributed by atoms with Crippen molar-refractivity contribution in [1.82, 2.24) is 0 Å². The molecule has 0 saturated carbocycles. The highest BCUT2D eigenvalue weighted by Gasteiger charge is 2.52. The second-order valence-corrected chi connectivity index (χ2v) is 13.8. The van der Waals surface area contributed by atoms with Crippen molar-refractivity contribution in [1.29, 1.82) is 0 Å². The average molecular weight is 650 g/mol. The topological polar surface area (TPSA) is 3.24 Å². The Bertz CT molecular complexity index is 2470. The molecule has 240 valence electrons. The molecule has 0 aliphatic heterocycles. The number of anilines is 3. The maximum atomic E-state index is 2.47. The summed E-state index contributed by atoms with van der Waals surface area (Å²) >= 11 is 0. The van der Waals surface area contributed by atoms with E-state index in [1.54, 1.807) is 0 Å². The molecule has 0 radical (unpaired) electrons. The maximum absolute atomic E-state index is 2.47. The molecule has 0 amide bonds. The van der Waals surface area contributed by atoms with E-state index in [9.17, 15) is 0 Å². The van der Waals surface area contributed by atoms with Crippen molar-refractivity contribution < 1.29 is 0 Å². The lowest BCUT2D eigenvalue weighted by Crippen LogP contribution is -2.26.